The summed E-state index contributed by atoms with van der Waals surface area (Å²) in [6.45, 7) is 8.58. The number of hydrogen-bond acceptors (Lipinski definition) is 3. The van der Waals surface area contributed by atoms with Gasteiger partial charge in [-0.1, -0.05) is 28.9 Å². The van der Waals surface area contributed by atoms with E-state index in [9.17, 15) is 0 Å². The molecule has 1 saturated heterocycles. The van der Waals surface area contributed by atoms with Crippen LogP contribution in [0.4, 0.5) is 0 Å². The normalized spacial score (nSPS) is 18.7. The van der Waals surface area contributed by atoms with Crippen molar-refractivity contribution in [2.24, 2.45) is 0 Å². The fraction of sp³-hybridized carbons (Fsp3) is 0.474. The van der Waals surface area contributed by atoms with Gasteiger partial charge in [0.05, 0.1) is 6.54 Å². The third-order valence-electron chi connectivity index (χ3n) is 4.69. The van der Waals surface area contributed by atoms with Gasteiger partial charge in [0.15, 0.2) is 0 Å². The lowest BCUT2D eigenvalue weighted by molar-refractivity contribution is 0.258. The topological polar surface area (TPSA) is 28.4 Å². The Hall–Kier alpha value is -1.10. The van der Waals surface area contributed by atoms with Crippen molar-refractivity contribution < 1.29 is 4.42 Å². The number of nitrogens with zero attached hydrogens (tertiary/aromatic N) is 1. The molecule has 1 aromatic carbocycles. The van der Waals surface area contributed by atoms with Crippen LogP contribution in [-0.4, -0.2) is 30.6 Å². The number of hydrogen-bond donors (Lipinski definition) is 1. The SMILES string of the molecule is CCN1CCC[C@H]1CNCc1ccc(-c2ccc(Br)c(C)c2)o1. The first kappa shape index (κ1) is 16.7. The van der Waals surface area contributed by atoms with Crippen LogP contribution in [0, 0.1) is 6.92 Å². The summed E-state index contributed by atoms with van der Waals surface area (Å²) in [7, 11) is 0. The first-order valence-electron chi connectivity index (χ1n) is 8.47. The summed E-state index contributed by atoms with van der Waals surface area (Å²) >= 11 is 3.54. The van der Waals surface area contributed by atoms with E-state index in [2.05, 4.69) is 70.3 Å². The molecule has 4 heteroatoms. The molecule has 0 unspecified atom stereocenters. The van der Waals surface area contributed by atoms with Gasteiger partial charge in [-0.25, -0.2) is 0 Å². The standard InChI is InChI=1S/C19H25BrN2O/c1-3-22-10-4-5-16(22)12-21-13-17-7-9-19(23-17)15-6-8-18(20)14(2)11-15/h6-9,11,16,21H,3-5,10,12-13H2,1-2H3/t16-/m0/s1. The highest BCUT2D eigenvalue weighted by molar-refractivity contribution is 9.10. The highest BCUT2D eigenvalue weighted by atomic mass is 79.9. The van der Waals surface area contributed by atoms with Gasteiger partial charge in [-0.3, -0.25) is 4.90 Å². The second-order valence-corrected chi connectivity index (χ2v) is 7.14. The van der Waals surface area contributed by atoms with Gasteiger partial charge in [-0.05, 0) is 62.7 Å². The molecule has 3 rings (SSSR count). The second-order valence-electron chi connectivity index (χ2n) is 6.29. The van der Waals surface area contributed by atoms with Gasteiger partial charge < -0.3 is 9.73 Å². The summed E-state index contributed by atoms with van der Waals surface area (Å²) in [4.78, 5) is 2.56. The molecule has 0 bridgehead atoms. The molecule has 0 spiro atoms. The highest BCUT2D eigenvalue weighted by Gasteiger charge is 2.22. The van der Waals surface area contributed by atoms with Crippen LogP contribution in [0.1, 0.15) is 31.1 Å². The number of rotatable bonds is 6. The number of aryl methyl sites for hydroxylation is 1. The molecule has 2 aromatic rings. The number of benzene rings is 1. The van der Waals surface area contributed by atoms with E-state index >= 15 is 0 Å². The molecular weight excluding hydrogens is 352 g/mol. The van der Waals surface area contributed by atoms with Crippen molar-refractivity contribution in [3.63, 3.8) is 0 Å². The summed E-state index contributed by atoms with van der Waals surface area (Å²) in [6, 6.07) is 11.1. The fourth-order valence-corrected chi connectivity index (χ4v) is 3.58. The van der Waals surface area contributed by atoms with Crippen molar-refractivity contribution in [2.75, 3.05) is 19.6 Å². The zero-order chi connectivity index (χ0) is 16.2. The summed E-state index contributed by atoms with van der Waals surface area (Å²) in [6.07, 6.45) is 2.64. The lowest BCUT2D eigenvalue weighted by atomic mass is 10.1. The maximum Gasteiger partial charge on any atom is 0.134 e. The maximum absolute atomic E-state index is 5.99. The van der Waals surface area contributed by atoms with Gasteiger partial charge in [0.1, 0.15) is 11.5 Å². The van der Waals surface area contributed by atoms with Crippen LogP contribution >= 0.6 is 15.9 Å². The first-order chi connectivity index (χ1) is 11.2. The molecule has 1 aromatic heterocycles. The molecule has 3 nitrogen and oxygen atoms in total. The Morgan fingerprint density at radius 2 is 2.17 bits per heavy atom. The summed E-state index contributed by atoms with van der Waals surface area (Å²) in [5.41, 5.74) is 2.35. The number of likely N-dealkylation sites (N-methyl/N-ethyl adjacent to an activating group) is 1. The van der Waals surface area contributed by atoms with Crippen molar-refractivity contribution in [2.45, 2.75) is 39.3 Å². The molecule has 1 N–H and O–H groups in total. The largest absolute Gasteiger partial charge is 0.460 e. The second kappa shape index (κ2) is 7.65. The smallest absolute Gasteiger partial charge is 0.134 e. The van der Waals surface area contributed by atoms with E-state index < -0.39 is 0 Å². The number of likely N-dealkylation sites (tertiary alicyclic amines) is 1. The molecule has 1 fully saturated rings. The average molecular weight is 377 g/mol. The van der Waals surface area contributed by atoms with Crippen molar-refractivity contribution in [3.8, 4) is 11.3 Å². The third-order valence-corrected chi connectivity index (χ3v) is 5.58. The van der Waals surface area contributed by atoms with E-state index in [1.165, 1.54) is 24.9 Å². The predicted molar refractivity (Wildman–Crippen MR) is 98.6 cm³/mol. The molecule has 0 radical (unpaired) electrons. The Morgan fingerprint density at radius 1 is 1.30 bits per heavy atom. The lowest BCUT2D eigenvalue weighted by Crippen LogP contribution is -2.37. The quantitative estimate of drug-likeness (QED) is 0.798. The minimum atomic E-state index is 0.684. The maximum atomic E-state index is 5.99. The van der Waals surface area contributed by atoms with E-state index in [1.54, 1.807) is 0 Å². The van der Waals surface area contributed by atoms with Crippen LogP contribution < -0.4 is 5.32 Å². The van der Waals surface area contributed by atoms with E-state index in [1.807, 2.05) is 0 Å². The van der Waals surface area contributed by atoms with Crippen LogP contribution in [0.3, 0.4) is 0 Å². The van der Waals surface area contributed by atoms with Gasteiger partial charge in [0, 0.05) is 22.6 Å². The molecule has 124 valence electrons. The van der Waals surface area contributed by atoms with Crippen LogP contribution in [-0.2, 0) is 6.54 Å². The first-order valence-corrected chi connectivity index (χ1v) is 9.26. The van der Waals surface area contributed by atoms with E-state index in [4.69, 9.17) is 4.42 Å². The zero-order valence-electron chi connectivity index (χ0n) is 13.9. The monoisotopic (exact) mass is 376 g/mol. The van der Waals surface area contributed by atoms with Gasteiger partial charge >= 0.3 is 0 Å². The molecule has 0 aliphatic carbocycles. The Labute approximate surface area is 147 Å². The van der Waals surface area contributed by atoms with Crippen LogP contribution in [0.25, 0.3) is 11.3 Å². The Balaban J connectivity index is 1.56. The van der Waals surface area contributed by atoms with Crippen LogP contribution in [0.15, 0.2) is 39.2 Å². The summed E-state index contributed by atoms with van der Waals surface area (Å²) in [5, 5.41) is 3.55. The minimum Gasteiger partial charge on any atom is -0.460 e. The number of nitrogens with one attached hydrogen (secondary N) is 1. The summed E-state index contributed by atoms with van der Waals surface area (Å²) < 4.78 is 7.12. The Bertz CT molecular complexity index is 653. The van der Waals surface area contributed by atoms with Gasteiger partial charge in [-0.2, -0.15) is 0 Å². The minimum absolute atomic E-state index is 0.684. The molecule has 1 aliphatic heterocycles. The molecule has 0 saturated carbocycles. The highest BCUT2D eigenvalue weighted by Crippen LogP contribution is 2.26. The molecular formula is C19H25BrN2O. The molecule has 1 atom stereocenters. The van der Waals surface area contributed by atoms with Crippen molar-refractivity contribution >= 4 is 15.9 Å². The van der Waals surface area contributed by atoms with Crippen molar-refractivity contribution in [1.29, 1.82) is 0 Å². The fourth-order valence-electron chi connectivity index (χ4n) is 3.33. The zero-order valence-corrected chi connectivity index (χ0v) is 15.5. The van der Waals surface area contributed by atoms with E-state index in [0.29, 0.717) is 6.04 Å². The van der Waals surface area contributed by atoms with Gasteiger partial charge in [-0.15, -0.1) is 0 Å². The Morgan fingerprint density at radius 3 is 2.96 bits per heavy atom. The van der Waals surface area contributed by atoms with Gasteiger partial charge in [0.2, 0.25) is 0 Å². The Kier molecular flexibility index (Phi) is 5.57. The van der Waals surface area contributed by atoms with Crippen LogP contribution in [0.2, 0.25) is 0 Å². The predicted octanol–water partition coefficient (Wildman–Crippen LogP) is 4.59. The van der Waals surface area contributed by atoms with E-state index in [0.717, 1.165) is 41.2 Å². The van der Waals surface area contributed by atoms with Crippen molar-refractivity contribution in [1.82, 2.24) is 10.2 Å². The number of furan rings is 1. The molecule has 1 aliphatic rings. The summed E-state index contributed by atoms with van der Waals surface area (Å²) in [5.74, 6) is 1.94. The van der Waals surface area contributed by atoms with Crippen molar-refractivity contribution in [3.05, 3.63) is 46.1 Å². The lowest BCUT2D eigenvalue weighted by Gasteiger charge is -2.22. The average Bonchev–Trinajstić information content (AvgIpc) is 3.19. The van der Waals surface area contributed by atoms with Gasteiger partial charge in [0.25, 0.3) is 0 Å². The third kappa shape index (κ3) is 4.06. The molecule has 23 heavy (non-hydrogen) atoms. The molecule has 2 heterocycles. The van der Waals surface area contributed by atoms with E-state index in [-0.39, 0.29) is 0 Å². The number of halogens is 1. The van der Waals surface area contributed by atoms with Crippen LogP contribution in [0.5, 0.6) is 0 Å². The molecule has 0 amide bonds.